The summed E-state index contributed by atoms with van der Waals surface area (Å²) in [6.45, 7) is 2.09. The third-order valence-corrected chi connectivity index (χ3v) is 3.82. The van der Waals surface area contributed by atoms with Crippen LogP contribution in [-0.4, -0.2) is 14.6 Å². The first kappa shape index (κ1) is 10.7. The molecule has 0 bridgehead atoms. The SMILES string of the molecule is CCc1cnn2c(Cl)cc(-c3cccs3)nc12. The monoisotopic (exact) mass is 263 g/mol. The van der Waals surface area contributed by atoms with Crippen LogP contribution >= 0.6 is 22.9 Å². The van der Waals surface area contributed by atoms with E-state index in [1.54, 1.807) is 15.9 Å². The highest BCUT2D eigenvalue weighted by atomic mass is 35.5. The van der Waals surface area contributed by atoms with Gasteiger partial charge in [0.2, 0.25) is 0 Å². The Morgan fingerprint density at radius 1 is 1.47 bits per heavy atom. The summed E-state index contributed by atoms with van der Waals surface area (Å²) in [6.07, 6.45) is 2.73. The molecule has 0 N–H and O–H groups in total. The number of hydrogen-bond donors (Lipinski definition) is 0. The summed E-state index contributed by atoms with van der Waals surface area (Å²) in [7, 11) is 0. The van der Waals surface area contributed by atoms with Crippen LogP contribution < -0.4 is 0 Å². The average molecular weight is 264 g/mol. The van der Waals surface area contributed by atoms with Crippen LogP contribution in [0, 0.1) is 0 Å². The summed E-state index contributed by atoms with van der Waals surface area (Å²) < 4.78 is 1.68. The Labute approximate surface area is 108 Å². The highest BCUT2D eigenvalue weighted by Crippen LogP contribution is 2.26. The third-order valence-electron chi connectivity index (χ3n) is 2.66. The zero-order chi connectivity index (χ0) is 11.8. The Kier molecular flexibility index (Phi) is 2.61. The lowest BCUT2D eigenvalue weighted by Gasteiger charge is -2.02. The summed E-state index contributed by atoms with van der Waals surface area (Å²) in [5.41, 5.74) is 2.88. The molecule has 0 amide bonds. The van der Waals surface area contributed by atoms with Crippen molar-refractivity contribution in [1.82, 2.24) is 14.6 Å². The molecule has 86 valence electrons. The minimum absolute atomic E-state index is 0.595. The Morgan fingerprint density at radius 3 is 3.06 bits per heavy atom. The molecule has 0 fully saturated rings. The van der Waals surface area contributed by atoms with E-state index in [0.29, 0.717) is 5.15 Å². The van der Waals surface area contributed by atoms with Gasteiger partial charge in [0.25, 0.3) is 0 Å². The number of halogens is 1. The lowest BCUT2D eigenvalue weighted by Crippen LogP contribution is -1.94. The highest BCUT2D eigenvalue weighted by Gasteiger charge is 2.10. The standard InChI is InChI=1S/C12H10ClN3S/c1-2-8-7-14-16-11(13)6-9(15-12(8)16)10-4-3-5-17-10/h3-7H,2H2,1H3. The number of hydrogen-bond acceptors (Lipinski definition) is 3. The molecule has 0 aliphatic heterocycles. The number of aromatic nitrogens is 3. The van der Waals surface area contributed by atoms with Crippen molar-refractivity contribution in [1.29, 1.82) is 0 Å². The lowest BCUT2D eigenvalue weighted by atomic mass is 10.2. The van der Waals surface area contributed by atoms with Crippen molar-refractivity contribution in [2.24, 2.45) is 0 Å². The Morgan fingerprint density at radius 2 is 2.35 bits per heavy atom. The molecule has 5 heteroatoms. The summed E-state index contributed by atoms with van der Waals surface area (Å²) >= 11 is 7.87. The van der Waals surface area contributed by atoms with Gasteiger partial charge in [0.1, 0.15) is 5.15 Å². The van der Waals surface area contributed by atoms with Gasteiger partial charge >= 0.3 is 0 Å². The average Bonchev–Trinajstić information content (AvgIpc) is 2.97. The fourth-order valence-electron chi connectivity index (χ4n) is 1.77. The van der Waals surface area contributed by atoms with E-state index in [2.05, 4.69) is 17.0 Å². The topological polar surface area (TPSA) is 30.2 Å². The van der Waals surface area contributed by atoms with E-state index in [4.69, 9.17) is 11.6 Å². The first-order valence-corrected chi connectivity index (χ1v) is 6.62. The number of fused-ring (bicyclic) bond motifs is 1. The minimum atomic E-state index is 0.595. The summed E-state index contributed by atoms with van der Waals surface area (Å²) in [4.78, 5) is 5.76. The van der Waals surface area contributed by atoms with E-state index in [-0.39, 0.29) is 0 Å². The van der Waals surface area contributed by atoms with Crippen LogP contribution in [0.1, 0.15) is 12.5 Å². The van der Waals surface area contributed by atoms with E-state index in [1.807, 2.05) is 29.8 Å². The maximum absolute atomic E-state index is 6.21. The van der Waals surface area contributed by atoms with E-state index >= 15 is 0 Å². The van der Waals surface area contributed by atoms with Crippen LogP contribution in [-0.2, 0) is 6.42 Å². The highest BCUT2D eigenvalue weighted by molar-refractivity contribution is 7.13. The van der Waals surface area contributed by atoms with Crippen LogP contribution in [0.5, 0.6) is 0 Å². The van der Waals surface area contributed by atoms with Gasteiger partial charge in [0, 0.05) is 11.6 Å². The summed E-state index contributed by atoms with van der Waals surface area (Å²) in [5, 5.41) is 6.87. The van der Waals surface area contributed by atoms with Gasteiger partial charge in [-0.1, -0.05) is 24.6 Å². The van der Waals surface area contributed by atoms with Crippen LogP contribution in [0.25, 0.3) is 16.2 Å². The Hall–Kier alpha value is -1.39. The molecule has 0 aromatic carbocycles. The largest absolute Gasteiger partial charge is 0.227 e. The van der Waals surface area contributed by atoms with Gasteiger partial charge in [-0.15, -0.1) is 11.3 Å². The van der Waals surface area contributed by atoms with E-state index in [1.165, 1.54) is 0 Å². The summed E-state index contributed by atoms with van der Waals surface area (Å²) in [6, 6.07) is 5.91. The van der Waals surface area contributed by atoms with Crippen LogP contribution in [0.15, 0.2) is 29.8 Å². The van der Waals surface area contributed by atoms with Gasteiger partial charge < -0.3 is 0 Å². The van der Waals surface area contributed by atoms with E-state index < -0.39 is 0 Å². The number of nitrogens with zero attached hydrogens (tertiary/aromatic N) is 3. The molecule has 0 aliphatic rings. The second-order valence-corrected chi connectivity index (χ2v) is 5.04. The number of thiophene rings is 1. The van der Waals surface area contributed by atoms with Crippen molar-refractivity contribution in [2.75, 3.05) is 0 Å². The van der Waals surface area contributed by atoms with Crippen molar-refractivity contribution >= 4 is 28.6 Å². The van der Waals surface area contributed by atoms with E-state index in [0.717, 1.165) is 28.2 Å². The maximum atomic E-state index is 6.21. The third kappa shape index (κ3) is 1.73. The molecule has 0 atom stereocenters. The first-order valence-electron chi connectivity index (χ1n) is 5.36. The van der Waals surface area contributed by atoms with Crippen molar-refractivity contribution in [2.45, 2.75) is 13.3 Å². The normalized spacial score (nSPS) is 11.2. The van der Waals surface area contributed by atoms with Crippen LogP contribution in [0.2, 0.25) is 5.15 Å². The van der Waals surface area contributed by atoms with Crippen molar-refractivity contribution in [3.05, 3.63) is 40.5 Å². The van der Waals surface area contributed by atoms with Crippen molar-refractivity contribution < 1.29 is 0 Å². The number of rotatable bonds is 2. The van der Waals surface area contributed by atoms with Gasteiger partial charge in [-0.05, 0) is 17.9 Å². The Bertz CT molecular complexity index is 658. The van der Waals surface area contributed by atoms with Gasteiger partial charge in [0.05, 0.1) is 16.8 Å². The fraction of sp³-hybridized carbons (Fsp3) is 0.167. The predicted molar refractivity (Wildman–Crippen MR) is 70.7 cm³/mol. The smallest absolute Gasteiger partial charge is 0.160 e. The second-order valence-electron chi connectivity index (χ2n) is 3.70. The quantitative estimate of drug-likeness (QED) is 0.661. The fourth-order valence-corrected chi connectivity index (χ4v) is 2.68. The van der Waals surface area contributed by atoms with Gasteiger partial charge in [-0.3, -0.25) is 0 Å². The number of aryl methyl sites for hydroxylation is 1. The molecule has 0 spiro atoms. The second kappa shape index (κ2) is 4.13. The van der Waals surface area contributed by atoms with Crippen molar-refractivity contribution in [3.8, 4) is 10.6 Å². The zero-order valence-electron chi connectivity index (χ0n) is 9.22. The van der Waals surface area contributed by atoms with Gasteiger partial charge in [-0.25, -0.2) is 9.50 Å². The molecule has 3 aromatic heterocycles. The van der Waals surface area contributed by atoms with Gasteiger partial charge in [-0.2, -0.15) is 5.10 Å². The molecular weight excluding hydrogens is 254 g/mol. The molecule has 3 nitrogen and oxygen atoms in total. The molecule has 0 aliphatic carbocycles. The molecule has 3 rings (SSSR count). The molecule has 0 radical (unpaired) electrons. The molecule has 0 saturated carbocycles. The lowest BCUT2D eigenvalue weighted by molar-refractivity contribution is 0.942. The molecule has 17 heavy (non-hydrogen) atoms. The first-order chi connectivity index (χ1) is 8.29. The molecule has 3 heterocycles. The maximum Gasteiger partial charge on any atom is 0.160 e. The molecule has 0 unspecified atom stereocenters. The van der Waals surface area contributed by atoms with Crippen LogP contribution in [0.4, 0.5) is 0 Å². The predicted octanol–water partition coefficient (Wildman–Crippen LogP) is 3.67. The minimum Gasteiger partial charge on any atom is -0.227 e. The Balaban J connectivity index is 2.28. The van der Waals surface area contributed by atoms with Crippen LogP contribution in [0.3, 0.4) is 0 Å². The van der Waals surface area contributed by atoms with Crippen molar-refractivity contribution in [3.63, 3.8) is 0 Å². The zero-order valence-corrected chi connectivity index (χ0v) is 10.8. The molecule has 0 saturated heterocycles. The molecule has 3 aromatic rings. The molecular formula is C12H10ClN3S. The van der Waals surface area contributed by atoms with Gasteiger partial charge in [0.15, 0.2) is 5.65 Å². The van der Waals surface area contributed by atoms with E-state index in [9.17, 15) is 0 Å². The summed E-state index contributed by atoms with van der Waals surface area (Å²) in [5.74, 6) is 0.